The maximum absolute atomic E-state index is 12.2. The molecule has 0 radical (unpaired) electrons. The van der Waals surface area contributed by atoms with Crippen LogP contribution in [0.25, 0.3) is 0 Å². The molecule has 0 spiro atoms. The van der Waals surface area contributed by atoms with Crippen LogP contribution in [0.2, 0.25) is 0 Å². The molecule has 2 amide bonds. The first-order valence-electron chi connectivity index (χ1n) is 8.00. The Morgan fingerprint density at radius 3 is 2.55 bits per heavy atom. The van der Waals surface area contributed by atoms with Crippen molar-refractivity contribution in [2.75, 3.05) is 12.3 Å². The number of carboxylic acid groups (broad SMARTS) is 1. The third-order valence-electron chi connectivity index (χ3n) is 4.71. The highest BCUT2D eigenvalue weighted by Crippen LogP contribution is 2.33. The van der Waals surface area contributed by atoms with E-state index in [9.17, 15) is 14.4 Å². The smallest absolute Gasteiger partial charge is 0.303 e. The van der Waals surface area contributed by atoms with Crippen LogP contribution in [0.5, 0.6) is 0 Å². The lowest BCUT2D eigenvalue weighted by atomic mass is 9.82. The van der Waals surface area contributed by atoms with E-state index in [4.69, 9.17) is 5.11 Å². The molecule has 6 heteroatoms. The Balaban J connectivity index is 2.42. The van der Waals surface area contributed by atoms with Crippen LogP contribution in [0, 0.1) is 5.41 Å². The van der Waals surface area contributed by atoms with Crippen LogP contribution in [-0.2, 0) is 14.4 Å². The summed E-state index contributed by atoms with van der Waals surface area (Å²) in [5, 5.41) is 8.34. The Morgan fingerprint density at radius 1 is 1.36 bits per heavy atom. The summed E-state index contributed by atoms with van der Waals surface area (Å²) in [6.07, 6.45) is 3.84. The number of nitrogens with zero attached hydrogens (tertiary/aromatic N) is 1. The Hall–Kier alpha value is -1.04. The molecule has 22 heavy (non-hydrogen) atoms. The fourth-order valence-corrected chi connectivity index (χ4v) is 3.88. The summed E-state index contributed by atoms with van der Waals surface area (Å²) in [4.78, 5) is 35.8. The van der Waals surface area contributed by atoms with Crippen molar-refractivity contribution in [3.8, 4) is 0 Å². The summed E-state index contributed by atoms with van der Waals surface area (Å²) in [6, 6.07) is 0. The van der Waals surface area contributed by atoms with Gasteiger partial charge in [0.15, 0.2) is 0 Å². The van der Waals surface area contributed by atoms with Crippen molar-refractivity contribution in [3.05, 3.63) is 0 Å². The topological polar surface area (TPSA) is 74.7 Å². The lowest BCUT2D eigenvalue weighted by Crippen LogP contribution is -2.32. The van der Waals surface area contributed by atoms with E-state index in [1.165, 1.54) is 4.90 Å². The molecular weight excluding hydrogens is 302 g/mol. The molecule has 1 aliphatic rings. The van der Waals surface area contributed by atoms with Crippen molar-refractivity contribution in [1.29, 1.82) is 0 Å². The Labute approximate surface area is 136 Å². The molecule has 1 fully saturated rings. The number of thioether (sulfide) groups is 1. The number of carbonyl (C=O) groups excluding carboxylic acids is 2. The quantitative estimate of drug-likeness (QED) is 0.624. The van der Waals surface area contributed by atoms with Gasteiger partial charge in [0.1, 0.15) is 0 Å². The number of aliphatic carboxylic acids is 1. The van der Waals surface area contributed by atoms with E-state index in [1.54, 1.807) is 11.8 Å². The van der Waals surface area contributed by atoms with Crippen molar-refractivity contribution < 1.29 is 19.5 Å². The van der Waals surface area contributed by atoms with E-state index in [0.29, 0.717) is 11.8 Å². The zero-order chi connectivity index (χ0) is 16.8. The van der Waals surface area contributed by atoms with Gasteiger partial charge in [0.05, 0.1) is 5.25 Å². The zero-order valence-corrected chi connectivity index (χ0v) is 14.6. The van der Waals surface area contributed by atoms with Crippen LogP contribution in [0.1, 0.15) is 59.3 Å². The highest BCUT2D eigenvalue weighted by molar-refractivity contribution is 8.00. The van der Waals surface area contributed by atoms with E-state index < -0.39 is 5.97 Å². The highest BCUT2D eigenvalue weighted by atomic mass is 32.2. The van der Waals surface area contributed by atoms with Gasteiger partial charge in [-0.25, -0.2) is 0 Å². The molecule has 1 rings (SSSR count). The van der Waals surface area contributed by atoms with Gasteiger partial charge in [0.2, 0.25) is 11.8 Å². The molecule has 0 saturated carbocycles. The molecule has 126 valence electrons. The van der Waals surface area contributed by atoms with Crippen molar-refractivity contribution in [1.82, 2.24) is 4.90 Å². The fraction of sp³-hybridized carbons (Fsp3) is 0.812. The monoisotopic (exact) mass is 329 g/mol. The van der Waals surface area contributed by atoms with Crippen LogP contribution in [0.4, 0.5) is 0 Å². The fourth-order valence-electron chi connectivity index (χ4n) is 2.46. The molecule has 1 saturated heterocycles. The first kappa shape index (κ1) is 19.0. The molecule has 1 aliphatic heterocycles. The van der Waals surface area contributed by atoms with Gasteiger partial charge in [0.25, 0.3) is 0 Å². The normalized spacial score (nSPS) is 19.0. The number of carboxylic acids is 1. The Kier molecular flexibility index (Phi) is 7.39. The summed E-state index contributed by atoms with van der Waals surface area (Å²) < 4.78 is 0. The largest absolute Gasteiger partial charge is 0.481 e. The van der Waals surface area contributed by atoms with E-state index >= 15 is 0 Å². The van der Waals surface area contributed by atoms with Crippen molar-refractivity contribution in [3.63, 3.8) is 0 Å². The van der Waals surface area contributed by atoms with Gasteiger partial charge in [-0.05, 0) is 24.0 Å². The van der Waals surface area contributed by atoms with Gasteiger partial charge in [-0.3, -0.25) is 19.3 Å². The van der Waals surface area contributed by atoms with Gasteiger partial charge in [-0.2, -0.15) is 0 Å². The first-order chi connectivity index (χ1) is 10.3. The van der Waals surface area contributed by atoms with Gasteiger partial charge < -0.3 is 5.11 Å². The second-order valence-electron chi connectivity index (χ2n) is 6.21. The number of amides is 2. The number of rotatable bonds is 10. The predicted octanol–water partition coefficient (Wildman–Crippen LogP) is 2.93. The molecule has 0 aromatic rings. The summed E-state index contributed by atoms with van der Waals surface area (Å²) in [6.45, 7) is 6.85. The molecule has 0 aromatic carbocycles. The third kappa shape index (κ3) is 5.30. The summed E-state index contributed by atoms with van der Waals surface area (Å²) in [7, 11) is 0. The minimum Gasteiger partial charge on any atom is -0.481 e. The standard InChI is InChI=1S/C16H27NO4S/c1-4-16(3,5-2)8-10-22-12-11-13(18)17(15(12)21)9-6-7-14(19)20/h12H,4-11H2,1-3H3,(H,19,20). The maximum Gasteiger partial charge on any atom is 0.303 e. The maximum atomic E-state index is 12.2. The minimum atomic E-state index is -0.900. The second-order valence-corrected chi connectivity index (χ2v) is 7.52. The summed E-state index contributed by atoms with van der Waals surface area (Å²) >= 11 is 1.57. The van der Waals surface area contributed by atoms with Crippen molar-refractivity contribution in [2.45, 2.75) is 64.5 Å². The first-order valence-corrected chi connectivity index (χ1v) is 9.05. The summed E-state index contributed by atoms with van der Waals surface area (Å²) in [5.74, 6) is -0.328. The Bertz CT molecular complexity index is 420. The van der Waals surface area contributed by atoms with Gasteiger partial charge in [0, 0.05) is 19.4 Å². The molecule has 1 N–H and O–H groups in total. The number of imide groups is 1. The van der Waals surface area contributed by atoms with Crippen molar-refractivity contribution >= 4 is 29.5 Å². The average Bonchev–Trinajstić information content (AvgIpc) is 2.74. The van der Waals surface area contributed by atoms with E-state index in [-0.39, 0.29) is 36.5 Å². The molecule has 1 atom stereocenters. The molecule has 0 bridgehead atoms. The van der Waals surface area contributed by atoms with Gasteiger partial charge >= 0.3 is 5.97 Å². The molecule has 0 aliphatic carbocycles. The predicted molar refractivity (Wildman–Crippen MR) is 87.8 cm³/mol. The molecule has 1 unspecified atom stereocenters. The van der Waals surface area contributed by atoms with E-state index in [1.807, 2.05) is 0 Å². The molecular formula is C16H27NO4S. The Morgan fingerprint density at radius 2 is 2.00 bits per heavy atom. The second kappa shape index (κ2) is 8.56. The van der Waals surface area contributed by atoms with Gasteiger partial charge in [-0.15, -0.1) is 11.8 Å². The average molecular weight is 329 g/mol. The van der Waals surface area contributed by atoms with Crippen LogP contribution in [-0.4, -0.2) is 45.3 Å². The highest BCUT2D eigenvalue weighted by Gasteiger charge is 2.38. The van der Waals surface area contributed by atoms with Crippen molar-refractivity contribution in [2.24, 2.45) is 5.41 Å². The van der Waals surface area contributed by atoms with E-state index in [0.717, 1.165) is 25.0 Å². The minimum absolute atomic E-state index is 0.0137. The SMILES string of the molecule is CCC(C)(CC)CCSC1CC(=O)N(CCCC(=O)O)C1=O. The number of hydrogen-bond donors (Lipinski definition) is 1. The van der Waals surface area contributed by atoms with Crippen LogP contribution in [0.15, 0.2) is 0 Å². The molecule has 0 aromatic heterocycles. The van der Waals surface area contributed by atoms with Crippen LogP contribution < -0.4 is 0 Å². The number of hydrogen-bond acceptors (Lipinski definition) is 4. The molecule has 1 heterocycles. The lowest BCUT2D eigenvalue weighted by Gasteiger charge is -2.26. The summed E-state index contributed by atoms with van der Waals surface area (Å²) in [5.41, 5.74) is 0.305. The molecule has 5 nitrogen and oxygen atoms in total. The van der Waals surface area contributed by atoms with Crippen LogP contribution >= 0.6 is 11.8 Å². The number of carbonyl (C=O) groups is 3. The number of likely N-dealkylation sites (tertiary alicyclic amines) is 1. The zero-order valence-electron chi connectivity index (χ0n) is 13.8. The third-order valence-corrected chi connectivity index (χ3v) is 5.92. The van der Waals surface area contributed by atoms with Gasteiger partial charge in [-0.1, -0.05) is 33.6 Å². The lowest BCUT2D eigenvalue weighted by molar-refractivity contribution is -0.141. The van der Waals surface area contributed by atoms with Crippen LogP contribution in [0.3, 0.4) is 0 Å². The van der Waals surface area contributed by atoms with E-state index in [2.05, 4.69) is 20.8 Å².